The third-order valence-corrected chi connectivity index (χ3v) is 3.60. The summed E-state index contributed by atoms with van der Waals surface area (Å²) in [5.74, 6) is -0.269. The molecule has 1 amide bonds. The highest BCUT2D eigenvalue weighted by molar-refractivity contribution is 5.91. The van der Waals surface area contributed by atoms with E-state index < -0.39 is 0 Å². The molecule has 0 atom stereocenters. The summed E-state index contributed by atoms with van der Waals surface area (Å²) in [7, 11) is 0. The van der Waals surface area contributed by atoms with Crippen LogP contribution in [-0.2, 0) is 4.79 Å². The van der Waals surface area contributed by atoms with Crippen molar-refractivity contribution < 1.29 is 14.1 Å². The van der Waals surface area contributed by atoms with E-state index in [0.717, 1.165) is 13.1 Å². The third-order valence-electron chi connectivity index (χ3n) is 3.60. The van der Waals surface area contributed by atoms with Crippen molar-refractivity contribution >= 4 is 11.6 Å². The number of rotatable bonds is 3. The molecule has 0 aliphatic carbocycles. The molecule has 1 aliphatic heterocycles. The van der Waals surface area contributed by atoms with E-state index in [0.29, 0.717) is 12.2 Å². The number of hydrogen-bond acceptors (Lipinski definition) is 1. The topological polar surface area (TPSA) is 33.5 Å². The lowest BCUT2D eigenvalue weighted by molar-refractivity contribution is -0.892. The molecular weight excluding hydrogens is 243 g/mol. The van der Waals surface area contributed by atoms with Gasteiger partial charge in [0, 0.05) is 5.69 Å². The van der Waals surface area contributed by atoms with E-state index in [-0.39, 0.29) is 11.7 Å². The van der Waals surface area contributed by atoms with Gasteiger partial charge in [0.05, 0.1) is 13.1 Å². The van der Waals surface area contributed by atoms with Gasteiger partial charge in [0.15, 0.2) is 6.54 Å². The maximum absolute atomic E-state index is 12.8. The van der Waals surface area contributed by atoms with Crippen molar-refractivity contribution in [3.8, 4) is 0 Å². The average Bonchev–Trinajstić information content (AvgIpc) is 2.35. The fraction of sp³-hybridized carbons (Fsp3) is 0.533. The molecule has 0 saturated carbocycles. The smallest absolute Gasteiger partial charge is 0.279 e. The highest BCUT2D eigenvalue weighted by Crippen LogP contribution is 2.07. The van der Waals surface area contributed by atoms with Gasteiger partial charge in [-0.3, -0.25) is 4.79 Å². The van der Waals surface area contributed by atoms with Gasteiger partial charge in [-0.15, -0.1) is 0 Å². The summed E-state index contributed by atoms with van der Waals surface area (Å²) in [6.07, 6.45) is 6.31. The number of benzene rings is 1. The lowest BCUT2D eigenvalue weighted by Gasteiger charge is -2.21. The molecule has 2 N–H and O–H groups in total. The van der Waals surface area contributed by atoms with Crippen LogP contribution in [0.3, 0.4) is 0 Å². The Balaban J connectivity index is 1.80. The minimum Gasteiger partial charge on any atom is -0.327 e. The quantitative estimate of drug-likeness (QED) is 0.855. The Morgan fingerprint density at radius 1 is 1.05 bits per heavy atom. The van der Waals surface area contributed by atoms with Gasteiger partial charge in [-0.05, 0) is 49.9 Å². The number of quaternary nitrogens is 1. The van der Waals surface area contributed by atoms with Crippen molar-refractivity contribution in [1.82, 2.24) is 0 Å². The number of likely N-dealkylation sites (tertiary alicyclic amines) is 1. The second kappa shape index (κ2) is 7.24. The minimum absolute atomic E-state index is 0.0159. The lowest BCUT2D eigenvalue weighted by Crippen LogP contribution is -3.13. The van der Waals surface area contributed by atoms with Crippen LogP contribution in [0.25, 0.3) is 0 Å². The highest BCUT2D eigenvalue weighted by atomic mass is 19.1. The van der Waals surface area contributed by atoms with Crippen molar-refractivity contribution in [1.29, 1.82) is 0 Å². The molecule has 1 aliphatic rings. The van der Waals surface area contributed by atoms with Crippen LogP contribution in [0.4, 0.5) is 10.1 Å². The number of carbonyl (C=O) groups is 1. The molecule has 0 bridgehead atoms. The predicted octanol–water partition coefficient (Wildman–Crippen LogP) is 1.61. The maximum Gasteiger partial charge on any atom is 0.279 e. The Hall–Kier alpha value is -1.42. The van der Waals surface area contributed by atoms with E-state index in [9.17, 15) is 9.18 Å². The normalized spacial score (nSPS) is 17.5. The molecule has 1 aromatic rings. The zero-order valence-corrected chi connectivity index (χ0v) is 11.3. The summed E-state index contributed by atoms with van der Waals surface area (Å²) in [5.41, 5.74) is 0.665. The zero-order chi connectivity index (χ0) is 13.5. The molecule has 104 valence electrons. The Kier molecular flexibility index (Phi) is 5.33. The van der Waals surface area contributed by atoms with Crippen molar-refractivity contribution in [3.05, 3.63) is 30.1 Å². The molecule has 0 aromatic heterocycles. The standard InChI is InChI=1S/C15H21FN2O/c16-13-6-8-14(9-7-13)17-15(19)12-18-10-4-2-1-3-5-11-18/h6-9H,1-5,10-12H2,(H,17,19)/p+1. The van der Waals surface area contributed by atoms with Crippen molar-refractivity contribution in [2.24, 2.45) is 0 Å². The number of halogens is 1. The maximum atomic E-state index is 12.8. The lowest BCUT2D eigenvalue weighted by atomic mass is 10.1. The largest absolute Gasteiger partial charge is 0.327 e. The van der Waals surface area contributed by atoms with E-state index in [2.05, 4.69) is 5.32 Å². The molecule has 0 unspecified atom stereocenters. The molecule has 4 heteroatoms. The van der Waals surface area contributed by atoms with Gasteiger partial charge >= 0.3 is 0 Å². The predicted molar refractivity (Wildman–Crippen MR) is 73.7 cm³/mol. The molecule has 19 heavy (non-hydrogen) atoms. The molecule has 0 spiro atoms. The second-order valence-electron chi connectivity index (χ2n) is 5.25. The minimum atomic E-state index is -0.285. The first-order valence-electron chi connectivity index (χ1n) is 7.13. The van der Waals surface area contributed by atoms with E-state index in [1.54, 1.807) is 12.1 Å². The second-order valence-corrected chi connectivity index (χ2v) is 5.25. The first-order valence-corrected chi connectivity index (χ1v) is 7.13. The highest BCUT2D eigenvalue weighted by Gasteiger charge is 2.15. The monoisotopic (exact) mass is 265 g/mol. The number of amides is 1. The summed E-state index contributed by atoms with van der Waals surface area (Å²) >= 11 is 0. The molecular formula is C15H22FN2O+. The van der Waals surface area contributed by atoms with Gasteiger partial charge in [0.1, 0.15) is 5.82 Å². The third kappa shape index (κ3) is 4.99. The van der Waals surface area contributed by atoms with Crippen LogP contribution >= 0.6 is 0 Å². The molecule has 2 rings (SSSR count). The summed E-state index contributed by atoms with van der Waals surface area (Å²) in [6.45, 7) is 2.67. The summed E-state index contributed by atoms with van der Waals surface area (Å²) in [6, 6.07) is 5.91. The molecule has 0 radical (unpaired) electrons. The van der Waals surface area contributed by atoms with Crippen LogP contribution in [-0.4, -0.2) is 25.5 Å². The van der Waals surface area contributed by atoms with Gasteiger partial charge in [0.2, 0.25) is 0 Å². The van der Waals surface area contributed by atoms with Crippen LogP contribution < -0.4 is 10.2 Å². The fourth-order valence-corrected chi connectivity index (χ4v) is 2.55. The Morgan fingerprint density at radius 2 is 1.63 bits per heavy atom. The zero-order valence-electron chi connectivity index (χ0n) is 11.3. The SMILES string of the molecule is O=C(C[NH+]1CCCCCCC1)Nc1ccc(F)cc1. The molecule has 3 nitrogen and oxygen atoms in total. The molecule has 1 fully saturated rings. The summed E-state index contributed by atoms with van der Waals surface area (Å²) < 4.78 is 12.8. The average molecular weight is 265 g/mol. The van der Waals surface area contributed by atoms with Gasteiger partial charge < -0.3 is 10.2 Å². The number of nitrogens with one attached hydrogen (secondary N) is 2. The van der Waals surface area contributed by atoms with Gasteiger partial charge in [-0.25, -0.2) is 4.39 Å². The van der Waals surface area contributed by atoms with Crippen LogP contribution in [0.2, 0.25) is 0 Å². The van der Waals surface area contributed by atoms with Crippen molar-refractivity contribution in [2.75, 3.05) is 25.0 Å². The van der Waals surface area contributed by atoms with Crippen LogP contribution in [0, 0.1) is 5.82 Å². The van der Waals surface area contributed by atoms with Crippen molar-refractivity contribution in [2.45, 2.75) is 32.1 Å². The van der Waals surface area contributed by atoms with E-state index in [1.807, 2.05) is 0 Å². The van der Waals surface area contributed by atoms with Gasteiger partial charge in [-0.2, -0.15) is 0 Å². The van der Waals surface area contributed by atoms with Crippen LogP contribution in [0.1, 0.15) is 32.1 Å². The molecule has 1 heterocycles. The Morgan fingerprint density at radius 3 is 2.26 bits per heavy atom. The van der Waals surface area contributed by atoms with Crippen molar-refractivity contribution in [3.63, 3.8) is 0 Å². The summed E-state index contributed by atoms with van der Waals surface area (Å²) in [5, 5.41) is 2.83. The molecule has 1 saturated heterocycles. The van der Waals surface area contributed by atoms with E-state index >= 15 is 0 Å². The first-order chi connectivity index (χ1) is 9.24. The van der Waals surface area contributed by atoms with Gasteiger partial charge in [-0.1, -0.05) is 6.42 Å². The van der Waals surface area contributed by atoms with Crippen LogP contribution in [0.15, 0.2) is 24.3 Å². The number of carbonyl (C=O) groups excluding carboxylic acids is 1. The Bertz CT molecular complexity index is 397. The fourth-order valence-electron chi connectivity index (χ4n) is 2.55. The summed E-state index contributed by atoms with van der Waals surface area (Å²) in [4.78, 5) is 13.3. The van der Waals surface area contributed by atoms with Gasteiger partial charge in [0.25, 0.3) is 5.91 Å². The van der Waals surface area contributed by atoms with E-state index in [1.165, 1.54) is 49.1 Å². The van der Waals surface area contributed by atoms with E-state index in [4.69, 9.17) is 0 Å². The Labute approximate surface area is 113 Å². The van der Waals surface area contributed by atoms with Crippen LogP contribution in [0.5, 0.6) is 0 Å². The molecule has 1 aromatic carbocycles. The first kappa shape index (κ1) is 14.0. The number of hydrogen-bond donors (Lipinski definition) is 2. The number of anilines is 1.